The molecule has 8 nitrogen and oxygen atoms in total. The predicted molar refractivity (Wildman–Crippen MR) is 67.3 cm³/mol. The number of nitrogens with one attached hydrogen (secondary N) is 1. The average molecular weight is 282 g/mol. The summed E-state index contributed by atoms with van der Waals surface area (Å²) in [5, 5.41) is 17.7. The molecule has 0 aliphatic rings. The van der Waals surface area contributed by atoms with Gasteiger partial charge in [-0.3, -0.25) is 4.72 Å². The molecule has 0 radical (unpaired) electrons. The third-order valence-corrected chi connectivity index (χ3v) is 2.72. The highest BCUT2D eigenvalue weighted by Gasteiger charge is 2.20. The van der Waals surface area contributed by atoms with Gasteiger partial charge in [-0.25, -0.2) is 14.6 Å². The van der Waals surface area contributed by atoms with Crippen LogP contribution in [0.25, 0.3) is 5.69 Å². The topological polar surface area (TPSA) is 127 Å². The molecular formula is C10H10N4O4S. The van der Waals surface area contributed by atoms with E-state index in [4.69, 9.17) is 10.2 Å². The molecule has 0 amide bonds. The molecule has 2 aromatic rings. The van der Waals surface area contributed by atoms with Gasteiger partial charge in [0.15, 0.2) is 5.82 Å². The lowest BCUT2D eigenvalue weighted by atomic mass is 10.3. The van der Waals surface area contributed by atoms with Crippen LogP contribution in [0.5, 0.6) is 0 Å². The van der Waals surface area contributed by atoms with Crippen molar-refractivity contribution in [3.05, 3.63) is 42.1 Å². The summed E-state index contributed by atoms with van der Waals surface area (Å²) in [7, 11) is -4.11. The number of nitrogens with zero attached hydrogens (tertiary/aromatic N) is 2. The molecule has 0 fully saturated rings. The Kier molecular flexibility index (Phi) is 3.23. The van der Waals surface area contributed by atoms with Crippen molar-refractivity contribution in [3.63, 3.8) is 0 Å². The molecule has 1 aromatic carbocycles. The van der Waals surface area contributed by atoms with Gasteiger partial charge in [0.25, 0.3) is 10.2 Å². The maximum atomic E-state index is 11.1. The average Bonchev–Trinajstić information content (AvgIpc) is 2.71. The molecule has 19 heavy (non-hydrogen) atoms. The number of carboxylic acid groups (broad SMARTS) is 1. The van der Waals surface area contributed by atoms with Gasteiger partial charge in [-0.15, -0.1) is 0 Å². The van der Waals surface area contributed by atoms with Crippen molar-refractivity contribution in [2.24, 2.45) is 5.14 Å². The van der Waals surface area contributed by atoms with Crippen LogP contribution in [0.1, 0.15) is 10.4 Å². The summed E-state index contributed by atoms with van der Waals surface area (Å²) in [5.74, 6) is -1.53. The SMILES string of the molecule is NS(=O)(=O)Nc1c(C(=O)O)cnn1-c1ccccc1. The number of nitrogens with two attached hydrogens (primary N) is 1. The highest BCUT2D eigenvalue weighted by atomic mass is 32.2. The van der Waals surface area contributed by atoms with Crippen molar-refractivity contribution in [1.29, 1.82) is 0 Å². The van der Waals surface area contributed by atoms with Crippen molar-refractivity contribution < 1.29 is 18.3 Å². The second kappa shape index (κ2) is 4.71. The molecule has 9 heteroatoms. The van der Waals surface area contributed by atoms with Crippen molar-refractivity contribution in [1.82, 2.24) is 9.78 Å². The van der Waals surface area contributed by atoms with Gasteiger partial charge in [0.2, 0.25) is 0 Å². The first-order valence-corrected chi connectivity index (χ1v) is 6.60. The Morgan fingerprint density at radius 2 is 1.95 bits per heavy atom. The zero-order chi connectivity index (χ0) is 14.0. The molecule has 100 valence electrons. The molecular weight excluding hydrogens is 272 g/mol. The van der Waals surface area contributed by atoms with E-state index in [1.807, 2.05) is 4.72 Å². The van der Waals surface area contributed by atoms with E-state index in [9.17, 15) is 13.2 Å². The van der Waals surface area contributed by atoms with Crippen LogP contribution < -0.4 is 9.86 Å². The minimum Gasteiger partial charge on any atom is -0.477 e. The van der Waals surface area contributed by atoms with Crippen LogP contribution in [0.3, 0.4) is 0 Å². The fraction of sp³-hybridized carbons (Fsp3) is 0. The predicted octanol–water partition coefficient (Wildman–Crippen LogP) is 0.186. The molecule has 0 aliphatic carbocycles. The first-order chi connectivity index (χ1) is 8.88. The van der Waals surface area contributed by atoms with Gasteiger partial charge in [0, 0.05) is 0 Å². The molecule has 0 aliphatic heterocycles. The van der Waals surface area contributed by atoms with E-state index in [1.54, 1.807) is 30.3 Å². The number of carbonyl (C=O) groups is 1. The Bertz CT molecular complexity index is 708. The third kappa shape index (κ3) is 2.89. The Labute approximate surface area is 108 Å². The Balaban J connectivity index is 2.60. The molecule has 2 rings (SSSR count). The quantitative estimate of drug-likeness (QED) is 0.737. The first kappa shape index (κ1) is 13.1. The molecule has 0 spiro atoms. The van der Waals surface area contributed by atoms with Crippen LogP contribution in [0.2, 0.25) is 0 Å². The lowest BCUT2D eigenvalue weighted by Crippen LogP contribution is -2.24. The molecule has 0 saturated heterocycles. The summed E-state index contributed by atoms with van der Waals surface area (Å²) < 4.78 is 25.3. The van der Waals surface area contributed by atoms with Crippen molar-refractivity contribution >= 4 is 22.0 Å². The minimum absolute atomic E-state index is 0.221. The highest BCUT2D eigenvalue weighted by Crippen LogP contribution is 2.20. The van der Waals surface area contributed by atoms with Gasteiger partial charge in [-0.1, -0.05) is 18.2 Å². The monoisotopic (exact) mass is 282 g/mol. The van der Waals surface area contributed by atoms with Crippen LogP contribution in [-0.4, -0.2) is 29.3 Å². The van der Waals surface area contributed by atoms with E-state index < -0.39 is 16.2 Å². The molecule has 0 unspecified atom stereocenters. The summed E-state index contributed by atoms with van der Waals surface area (Å²) >= 11 is 0. The van der Waals surface area contributed by atoms with E-state index in [0.717, 1.165) is 10.9 Å². The fourth-order valence-corrected chi connectivity index (χ4v) is 1.97. The first-order valence-electron chi connectivity index (χ1n) is 5.06. The zero-order valence-electron chi connectivity index (χ0n) is 9.52. The van der Waals surface area contributed by atoms with E-state index >= 15 is 0 Å². The molecule has 0 saturated carbocycles. The number of hydrogen-bond acceptors (Lipinski definition) is 4. The van der Waals surface area contributed by atoms with Crippen LogP contribution in [0, 0.1) is 0 Å². The molecule has 1 heterocycles. The van der Waals surface area contributed by atoms with Gasteiger partial charge >= 0.3 is 5.97 Å². The highest BCUT2D eigenvalue weighted by molar-refractivity contribution is 7.90. The molecule has 0 bridgehead atoms. The number of benzene rings is 1. The van der Waals surface area contributed by atoms with Gasteiger partial charge in [-0.05, 0) is 12.1 Å². The molecule has 1 aromatic heterocycles. The number of anilines is 1. The minimum atomic E-state index is -4.11. The van der Waals surface area contributed by atoms with Crippen molar-refractivity contribution in [3.8, 4) is 5.69 Å². The summed E-state index contributed by atoms with van der Waals surface area (Å²) in [4.78, 5) is 11.0. The smallest absolute Gasteiger partial charge is 0.341 e. The number of para-hydroxylation sites is 1. The second-order valence-corrected chi connectivity index (χ2v) is 4.90. The van der Waals surface area contributed by atoms with Gasteiger partial charge in [0.1, 0.15) is 5.56 Å². The van der Waals surface area contributed by atoms with E-state index in [1.165, 1.54) is 0 Å². The number of hydrogen-bond donors (Lipinski definition) is 3. The lowest BCUT2D eigenvalue weighted by molar-refractivity contribution is 0.0698. The summed E-state index contributed by atoms with van der Waals surface area (Å²) in [6.07, 6.45) is 1.04. The Morgan fingerprint density at radius 3 is 2.47 bits per heavy atom. The van der Waals surface area contributed by atoms with Crippen LogP contribution in [0.15, 0.2) is 36.5 Å². The summed E-state index contributed by atoms with van der Waals surface area (Å²) in [6.45, 7) is 0. The Morgan fingerprint density at radius 1 is 1.32 bits per heavy atom. The fourth-order valence-electron chi connectivity index (χ4n) is 1.50. The summed E-state index contributed by atoms with van der Waals surface area (Å²) in [6, 6.07) is 8.47. The summed E-state index contributed by atoms with van der Waals surface area (Å²) in [5.41, 5.74) is 0.207. The number of carboxylic acids is 1. The lowest BCUT2D eigenvalue weighted by Gasteiger charge is -2.08. The van der Waals surface area contributed by atoms with Crippen LogP contribution in [0.4, 0.5) is 5.82 Å². The van der Waals surface area contributed by atoms with E-state index in [0.29, 0.717) is 5.69 Å². The Hall–Kier alpha value is -2.39. The third-order valence-electron chi connectivity index (χ3n) is 2.24. The van der Waals surface area contributed by atoms with Crippen LogP contribution >= 0.6 is 0 Å². The number of aromatic carboxylic acids is 1. The maximum Gasteiger partial charge on any atom is 0.341 e. The van der Waals surface area contributed by atoms with Crippen molar-refractivity contribution in [2.45, 2.75) is 0 Å². The standard InChI is InChI=1S/C10H10N4O4S/c11-19(17,18)13-9-8(10(15)16)6-12-14(9)7-4-2-1-3-5-7/h1-6,13H,(H,15,16)(H2,11,17,18). The zero-order valence-corrected chi connectivity index (χ0v) is 10.3. The van der Waals surface area contributed by atoms with Gasteiger partial charge in [0.05, 0.1) is 11.9 Å². The van der Waals surface area contributed by atoms with E-state index in [-0.39, 0.29) is 11.4 Å². The van der Waals surface area contributed by atoms with Gasteiger partial charge < -0.3 is 5.11 Å². The maximum absolute atomic E-state index is 11.1. The number of aromatic nitrogens is 2. The number of rotatable bonds is 4. The molecule has 4 N–H and O–H groups in total. The van der Waals surface area contributed by atoms with E-state index in [2.05, 4.69) is 5.10 Å². The van der Waals surface area contributed by atoms with Crippen molar-refractivity contribution in [2.75, 3.05) is 4.72 Å². The molecule has 0 atom stereocenters. The van der Waals surface area contributed by atoms with Gasteiger partial charge in [-0.2, -0.15) is 13.5 Å². The van der Waals surface area contributed by atoms with Crippen LogP contribution in [-0.2, 0) is 10.2 Å². The second-order valence-electron chi connectivity index (χ2n) is 3.61. The normalized spacial score (nSPS) is 11.2. The largest absolute Gasteiger partial charge is 0.477 e.